The zero-order chi connectivity index (χ0) is 18.6. The van der Waals surface area contributed by atoms with Gasteiger partial charge in [-0.05, 0) is 18.9 Å². The largest absolute Gasteiger partial charge is 0.355 e. The lowest BCUT2D eigenvalue weighted by atomic mass is 9.99. The number of piperidine rings is 1. The Morgan fingerprint density at radius 2 is 2.20 bits per heavy atom. The Morgan fingerprint density at radius 3 is 2.84 bits per heavy atom. The van der Waals surface area contributed by atoms with E-state index in [1.807, 2.05) is 0 Å². The smallest absolute Gasteiger partial charge is 0.290 e. The minimum absolute atomic E-state index is 0.0544. The summed E-state index contributed by atoms with van der Waals surface area (Å²) >= 11 is 5.94. The van der Waals surface area contributed by atoms with Crippen molar-refractivity contribution in [2.75, 3.05) is 26.2 Å². The molecule has 1 aromatic carbocycles. The lowest BCUT2D eigenvalue weighted by molar-refractivity contribution is -0.387. The zero-order valence-corrected chi connectivity index (χ0v) is 14.9. The van der Waals surface area contributed by atoms with Gasteiger partial charge in [-0.1, -0.05) is 17.7 Å². The van der Waals surface area contributed by atoms with Gasteiger partial charge in [0.25, 0.3) is 15.7 Å². The summed E-state index contributed by atoms with van der Waals surface area (Å²) in [5, 5.41) is 13.6. The molecule has 1 unspecified atom stereocenters. The second-order valence-electron chi connectivity index (χ2n) is 5.63. The van der Waals surface area contributed by atoms with E-state index >= 15 is 0 Å². The van der Waals surface area contributed by atoms with Crippen molar-refractivity contribution in [3.05, 3.63) is 33.3 Å². The minimum Gasteiger partial charge on any atom is -0.355 e. The fourth-order valence-electron chi connectivity index (χ4n) is 2.74. The normalized spacial score (nSPS) is 18.7. The molecule has 1 aromatic rings. The number of hydrogen-bond donors (Lipinski definition) is 2. The number of rotatable bonds is 6. The van der Waals surface area contributed by atoms with Crippen LogP contribution in [-0.4, -0.2) is 49.7 Å². The molecule has 9 nitrogen and oxygen atoms in total. The third kappa shape index (κ3) is 4.27. The summed E-state index contributed by atoms with van der Waals surface area (Å²) in [5.74, 6) is -0.810. The van der Waals surface area contributed by atoms with Gasteiger partial charge in [0.05, 0.1) is 15.9 Å². The molecule has 1 aliphatic rings. The Kier molecular flexibility index (Phi) is 6.33. The molecule has 11 heteroatoms. The molecular weight excluding hydrogens is 372 g/mol. The Morgan fingerprint density at radius 1 is 1.48 bits per heavy atom. The number of nitrogens with one attached hydrogen (secondary N) is 1. The fraction of sp³-hybridized carbons (Fsp3) is 0.500. The molecule has 138 valence electrons. The molecule has 1 amide bonds. The van der Waals surface area contributed by atoms with E-state index in [2.05, 4.69) is 5.32 Å². The molecule has 0 saturated carbocycles. The summed E-state index contributed by atoms with van der Waals surface area (Å²) in [5.41, 5.74) is 4.76. The van der Waals surface area contributed by atoms with Crippen molar-refractivity contribution in [2.45, 2.75) is 17.7 Å². The molecule has 1 saturated heterocycles. The molecule has 1 fully saturated rings. The average molecular weight is 391 g/mol. The van der Waals surface area contributed by atoms with Crippen LogP contribution in [0, 0.1) is 16.0 Å². The molecule has 0 aromatic heterocycles. The van der Waals surface area contributed by atoms with Gasteiger partial charge in [-0.25, -0.2) is 8.42 Å². The first-order valence-electron chi connectivity index (χ1n) is 7.70. The summed E-state index contributed by atoms with van der Waals surface area (Å²) < 4.78 is 26.9. The number of nitrogens with two attached hydrogens (primary N) is 1. The Labute approximate surface area is 150 Å². The lowest BCUT2D eigenvalue weighted by Gasteiger charge is -2.31. The number of nitro benzene ring substituents is 1. The van der Waals surface area contributed by atoms with Crippen molar-refractivity contribution >= 4 is 33.2 Å². The van der Waals surface area contributed by atoms with Crippen LogP contribution in [0.4, 0.5) is 5.69 Å². The van der Waals surface area contributed by atoms with Crippen LogP contribution in [0.2, 0.25) is 5.02 Å². The number of carbonyl (C=O) groups excluding carboxylic acids is 1. The number of carbonyl (C=O) groups is 1. The average Bonchev–Trinajstić information content (AvgIpc) is 2.59. The second-order valence-corrected chi connectivity index (χ2v) is 7.91. The standard InChI is InChI=1S/C14H19ClN4O5S/c15-11-4-1-5-12(19(21)22)13(11)25(23,24)18-8-2-3-10(9-18)14(20)17-7-6-16/h1,4-5,10H,2-3,6-9,16H2,(H,17,20). The molecule has 1 aliphatic heterocycles. The molecule has 0 aliphatic carbocycles. The number of hydrogen-bond acceptors (Lipinski definition) is 6. The van der Waals surface area contributed by atoms with E-state index < -0.39 is 31.4 Å². The number of nitro groups is 1. The van der Waals surface area contributed by atoms with Gasteiger partial charge in [-0.15, -0.1) is 0 Å². The van der Waals surface area contributed by atoms with Crippen LogP contribution in [0.5, 0.6) is 0 Å². The van der Waals surface area contributed by atoms with Crippen molar-refractivity contribution in [2.24, 2.45) is 11.7 Å². The highest BCUT2D eigenvalue weighted by atomic mass is 35.5. The molecule has 3 N–H and O–H groups in total. The van der Waals surface area contributed by atoms with Crippen molar-refractivity contribution < 1.29 is 18.1 Å². The SMILES string of the molecule is NCCNC(=O)C1CCCN(S(=O)(=O)c2c(Cl)cccc2[N+](=O)[O-])C1. The molecule has 0 spiro atoms. The first kappa shape index (κ1) is 19.6. The Balaban J connectivity index is 2.31. The summed E-state index contributed by atoms with van der Waals surface area (Å²) in [6, 6.07) is 3.70. The quantitative estimate of drug-likeness (QED) is 0.542. The third-order valence-electron chi connectivity index (χ3n) is 3.94. The predicted octanol–water partition coefficient (Wildman–Crippen LogP) is 0.724. The van der Waals surface area contributed by atoms with E-state index in [-0.39, 0.29) is 30.6 Å². The number of benzene rings is 1. The molecular formula is C14H19ClN4O5S. The van der Waals surface area contributed by atoms with Crippen molar-refractivity contribution in [1.82, 2.24) is 9.62 Å². The number of amides is 1. The maximum absolute atomic E-state index is 12.9. The van der Waals surface area contributed by atoms with E-state index in [0.717, 1.165) is 10.4 Å². The summed E-state index contributed by atoms with van der Waals surface area (Å²) in [6.07, 6.45) is 1.01. The van der Waals surface area contributed by atoms with E-state index in [0.29, 0.717) is 19.4 Å². The van der Waals surface area contributed by atoms with Gasteiger partial charge < -0.3 is 11.1 Å². The van der Waals surface area contributed by atoms with Gasteiger partial charge in [0.15, 0.2) is 4.90 Å². The van der Waals surface area contributed by atoms with Gasteiger partial charge in [-0.2, -0.15) is 4.31 Å². The molecule has 25 heavy (non-hydrogen) atoms. The molecule has 2 rings (SSSR count). The third-order valence-corrected chi connectivity index (χ3v) is 6.32. The lowest BCUT2D eigenvalue weighted by Crippen LogP contribution is -2.46. The van der Waals surface area contributed by atoms with E-state index in [9.17, 15) is 23.3 Å². The molecule has 1 heterocycles. The van der Waals surface area contributed by atoms with Crippen LogP contribution in [0.1, 0.15) is 12.8 Å². The summed E-state index contributed by atoms with van der Waals surface area (Å²) in [7, 11) is -4.20. The zero-order valence-electron chi connectivity index (χ0n) is 13.4. The molecule has 0 bridgehead atoms. The molecule has 0 radical (unpaired) electrons. The van der Waals surface area contributed by atoms with E-state index in [1.54, 1.807) is 0 Å². The van der Waals surface area contributed by atoms with Crippen molar-refractivity contribution in [3.63, 3.8) is 0 Å². The van der Waals surface area contributed by atoms with Crippen LogP contribution in [0.25, 0.3) is 0 Å². The summed E-state index contributed by atoms with van der Waals surface area (Å²) in [6.45, 7) is 0.705. The first-order chi connectivity index (χ1) is 11.8. The maximum Gasteiger partial charge on any atom is 0.290 e. The predicted molar refractivity (Wildman–Crippen MR) is 91.7 cm³/mol. The highest BCUT2D eigenvalue weighted by Gasteiger charge is 2.38. The van der Waals surface area contributed by atoms with Crippen LogP contribution >= 0.6 is 11.6 Å². The molecule has 1 atom stereocenters. The van der Waals surface area contributed by atoms with E-state index in [1.165, 1.54) is 12.1 Å². The number of sulfonamides is 1. The second kappa shape index (κ2) is 8.09. The van der Waals surface area contributed by atoms with E-state index in [4.69, 9.17) is 17.3 Å². The first-order valence-corrected chi connectivity index (χ1v) is 9.51. The van der Waals surface area contributed by atoms with Crippen LogP contribution < -0.4 is 11.1 Å². The Hall–Kier alpha value is -1.75. The Bertz CT molecular complexity index is 770. The van der Waals surface area contributed by atoms with Gasteiger partial charge in [0.1, 0.15) is 0 Å². The van der Waals surface area contributed by atoms with Crippen LogP contribution in [0.3, 0.4) is 0 Å². The van der Waals surface area contributed by atoms with Crippen molar-refractivity contribution in [3.8, 4) is 0 Å². The van der Waals surface area contributed by atoms with Gasteiger partial charge in [0, 0.05) is 32.2 Å². The number of halogens is 1. The van der Waals surface area contributed by atoms with Gasteiger partial charge >= 0.3 is 0 Å². The van der Waals surface area contributed by atoms with Crippen LogP contribution in [0.15, 0.2) is 23.1 Å². The topological polar surface area (TPSA) is 136 Å². The monoisotopic (exact) mass is 390 g/mol. The van der Waals surface area contributed by atoms with Crippen molar-refractivity contribution in [1.29, 1.82) is 0 Å². The maximum atomic E-state index is 12.9. The number of nitrogens with zero attached hydrogens (tertiary/aromatic N) is 2. The van der Waals surface area contributed by atoms with Gasteiger partial charge in [-0.3, -0.25) is 14.9 Å². The van der Waals surface area contributed by atoms with Gasteiger partial charge in [0.2, 0.25) is 5.91 Å². The van der Waals surface area contributed by atoms with Crippen LogP contribution in [-0.2, 0) is 14.8 Å². The summed E-state index contributed by atoms with van der Waals surface area (Å²) in [4.78, 5) is 21.9. The highest BCUT2D eigenvalue weighted by molar-refractivity contribution is 7.89. The minimum atomic E-state index is -4.20. The highest BCUT2D eigenvalue weighted by Crippen LogP contribution is 2.34. The fourth-order valence-corrected chi connectivity index (χ4v) is 4.93.